The third-order valence-corrected chi connectivity index (χ3v) is 3.82. The Labute approximate surface area is 123 Å². The lowest BCUT2D eigenvalue weighted by atomic mass is 10.1. The lowest BCUT2D eigenvalue weighted by molar-refractivity contribution is 1.13. The van der Waals surface area contributed by atoms with Crippen molar-refractivity contribution in [2.45, 2.75) is 20.3 Å². The van der Waals surface area contributed by atoms with Gasteiger partial charge in [-0.2, -0.15) is 0 Å². The molecule has 3 rings (SSSR count). The molecule has 0 N–H and O–H groups in total. The molecular formula is C17H15ClN2. The van der Waals surface area contributed by atoms with E-state index in [4.69, 9.17) is 16.6 Å². The van der Waals surface area contributed by atoms with Crippen molar-refractivity contribution in [3.05, 3.63) is 58.7 Å². The first-order valence-corrected chi connectivity index (χ1v) is 7.09. The third-order valence-electron chi connectivity index (χ3n) is 3.53. The second kappa shape index (κ2) is 5.22. The fourth-order valence-corrected chi connectivity index (χ4v) is 2.64. The van der Waals surface area contributed by atoms with E-state index in [9.17, 15) is 0 Å². The zero-order valence-electron chi connectivity index (χ0n) is 11.5. The molecule has 100 valence electrons. The standard InChI is InChI=1S/C17H15ClN2/c1-3-12-8-6-10-14-15(12)19-17(20-16(14)18)13-9-5-4-7-11(13)2/h4-10H,3H2,1-2H3. The van der Waals surface area contributed by atoms with Gasteiger partial charge in [-0.3, -0.25) is 0 Å². The Morgan fingerprint density at radius 1 is 1.00 bits per heavy atom. The van der Waals surface area contributed by atoms with Crippen molar-refractivity contribution < 1.29 is 0 Å². The van der Waals surface area contributed by atoms with Crippen molar-refractivity contribution in [2.75, 3.05) is 0 Å². The van der Waals surface area contributed by atoms with Gasteiger partial charge >= 0.3 is 0 Å². The van der Waals surface area contributed by atoms with Crippen LogP contribution in [0.3, 0.4) is 0 Å². The van der Waals surface area contributed by atoms with Gasteiger partial charge in [0.05, 0.1) is 5.52 Å². The van der Waals surface area contributed by atoms with Crippen LogP contribution in [0.15, 0.2) is 42.5 Å². The lowest BCUT2D eigenvalue weighted by Crippen LogP contribution is -1.96. The topological polar surface area (TPSA) is 25.8 Å². The quantitative estimate of drug-likeness (QED) is 0.630. The highest BCUT2D eigenvalue weighted by atomic mass is 35.5. The highest BCUT2D eigenvalue weighted by molar-refractivity contribution is 6.34. The number of nitrogens with zero attached hydrogens (tertiary/aromatic N) is 2. The Kier molecular flexibility index (Phi) is 3.41. The summed E-state index contributed by atoms with van der Waals surface area (Å²) in [6.45, 7) is 4.18. The number of rotatable bonds is 2. The monoisotopic (exact) mass is 282 g/mol. The summed E-state index contributed by atoms with van der Waals surface area (Å²) in [4.78, 5) is 9.20. The van der Waals surface area contributed by atoms with Gasteiger partial charge in [-0.15, -0.1) is 0 Å². The Hall–Kier alpha value is -1.93. The second-order valence-electron chi connectivity index (χ2n) is 4.82. The minimum Gasteiger partial charge on any atom is -0.228 e. The van der Waals surface area contributed by atoms with Crippen LogP contribution in [0, 0.1) is 6.92 Å². The first kappa shape index (κ1) is 13.1. The summed E-state index contributed by atoms with van der Waals surface area (Å²) in [5.41, 5.74) is 4.33. The van der Waals surface area contributed by atoms with E-state index in [1.165, 1.54) is 5.56 Å². The number of fused-ring (bicyclic) bond motifs is 1. The number of hydrogen-bond donors (Lipinski definition) is 0. The van der Waals surface area contributed by atoms with Crippen molar-refractivity contribution in [1.82, 2.24) is 9.97 Å². The molecule has 0 amide bonds. The van der Waals surface area contributed by atoms with E-state index in [0.717, 1.165) is 28.5 Å². The predicted octanol–water partition coefficient (Wildman–Crippen LogP) is 4.82. The minimum atomic E-state index is 0.517. The maximum Gasteiger partial charge on any atom is 0.161 e. The van der Waals surface area contributed by atoms with Gasteiger partial charge in [0.25, 0.3) is 0 Å². The highest BCUT2D eigenvalue weighted by Gasteiger charge is 2.11. The summed E-state index contributed by atoms with van der Waals surface area (Å²) in [6, 6.07) is 14.2. The third kappa shape index (κ3) is 2.16. The maximum absolute atomic E-state index is 6.34. The van der Waals surface area contributed by atoms with Gasteiger partial charge in [-0.05, 0) is 30.5 Å². The first-order chi connectivity index (χ1) is 9.70. The molecule has 0 atom stereocenters. The van der Waals surface area contributed by atoms with Gasteiger partial charge in [0, 0.05) is 10.9 Å². The van der Waals surface area contributed by atoms with Crippen molar-refractivity contribution in [2.24, 2.45) is 0 Å². The molecule has 0 aliphatic carbocycles. The summed E-state index contributed by atoms with van der Waals surface area (Å²) in [5, 5.41) is 1.44. The fourth-order valence-electron chi connectivity index (χ4n) is 2.40. The Bertz CT molecular complexity index is 781. The molecule has 0 fully saturated rings. The molecule has 0 aliphatic heterocycles. The molecule has 0 spiro atoms. The first-order valence-electron chi connectivity index (χ1n) is 6.72. The van der Waals surface area contributed by atoms with Crippen molar-refractivity contribution in [3.8, 4) is 11.4 Å². The van der Waals surface area contributed by atoms with Crippen molar-refractivity contribution in [3.63, 3.8) is 0 Å². The van der Waals surface area contributed by atoms with E-state index in [0.29, 0.717) is 11.0 Å². The molecule has 0 saturated heterocycles. The van der Waals surface area contributed by atoms with E-state index < -0.39 is 0 Å². The van der Waals surface area contributed by atoms with Crippen LogP contribution in [0.25, 0.3) is 22.3 Å². The second-order valence-corrected chi connectivity index (χ2v) is 5.18. The molecule has 0 aliphatic rings. The van der Waals surface area contributed by atoms with Crippen LogP contribution in [-0.4, -0.2) is 9.97 Å². The molecule has 3 aromatic rings. The number of hydrogen-bond acceptors (Lipinski definition) is 2. The van der Waals surface area contributed by atoms with Gasteiger partial charge in [-0.25, -0.2) is 9.97 Å². The molecule has 1 aromatic heterocycles. The summed E-state index contributed by atoms with van der Waals surface area (Å²) in [5.74, 6) is 0.696. The number of aromatic nitrogens is 2. The number of benzene rings is 2. The summed E-state index contributed by atoms with van der Waals surface area (Å²) < 4.78 is 0. The van der Waals surface area contributed by atoms with Gasteiger partial charge in [0.15, 0.2) is 5.82 Å². The van der Waals surface area contributed by atoms with E-state index >= 15 is 0 Å². The summed E-state index contributed by atoms with van der Waals surface area (Å²) in [6.07, 6.45) is 0.928. The fraction of sp³-hybridized carbons (Fsp3) is 0.176. The molecule has 0 radical (unpaired) electrons. The zero-order chi connectivity index (χ0) is 14.1. The smallest absolute Gasteiger partial charge is 0.161 e. The Balaban J connectivity index is 2.31. The van der Waals surface area contributed by atoms with Crippen molar-refractivity contribution in [1.29, 1.82) is 0 Å². The van der Waals surface area contributed by atoms with Gasteiger partial charge in [0.1, 0.15) is 5.15 Å². The molecule has 3 heteroatoms. The molecule has 2 aromatic carbocycles. The lowest BCUT2D eigenvalue weighted by Gasteiger charge is -2.09. The summed E-state index contributed by atoms with van der Waals surface area (Å²) >= 11 is 6.34. The minimum absolute atomic E-state index is 0.517. The van der Waals surface area contributed by atoms with E-state index in [1.807, 2.05) is 30.3 Å². The SMILES string of the molecule is CCc1cccc2c(Cl)nc(-c3ccccc3C)nc12. The van der Waals surface area contributed by atoms with Crippen LogP contribution >= 0.6 is 11.6 Å². The normalized spacial score (nSPS) is 10.9. The molecular weight excluding hydrogens is 268 g/mol. The molecule has 0 unspecified atom stereocenters. The van der Waals surface area contributed by atoms with E-state index in [2.05, 4.69) is 31.0 Å². The molecule has 0 saturated carbocycles. The number of halogens is 1. The van der Waals surface area contributed by atoms with Crippen LogP contribution in [0.1, 0.15) is 18.1 Å². The van der Waals surface area contributed by atoms with Crippen LogP contribution in [0.5, 0.6) is 0 Å². The van der Waals surface area contributed by atoms with Gasteiger partial charge in [-0.1, -0.05) is 54.9 Å². The largest absolute Gasteiger partial charge is 0.228 e. The predicted molar refractivity (Wildman–Crippen MR) is 84.1 cm³/mol. The van der Waals surface area contributed by atoms with Crippen LogP contribution in [-0.2, 0) is 6.42 Å². The van der Waals surface area contributed by atoms with Crippen LogP contribution in [0.4, 0.5) is 0 Å². The number of aryl methyl sites for hydroxylation is 2. The molecule has 0 bridgehead atoms. The van der Waals surface area contributed by atoms with Crippen LogP contribution in [0.2, 0.25) is 5.15 Å². The van der Waals surface area contributed by atoms with Crippen molar-refractivity contribution >= 4 is 22.5 Å². The highest BCUT2D eigenvalue weighted by Crippen LogP contribution is 2.28. The number of para-hydroxylation sites is 1. The Morgan fingerprint density at radius 2 is 1.80 bits per heavy atom. The Morgan fingerprint density at radius 3 is 2.55 bits per heavy atom. The maximum atomic E-state index is 6.34. The van der Waals surface area contributed by atoms with Crippen LogP contribution < -0.4 is 0 Å². The van der Waals surface area contributed by atoms with Gasteiger partial charge < -0.3 is 0 Å². The molecule has 20 heavy (non-hydrogen) atoms. The van der Waals surface area contributed by atoms with E-state index in [-0.39, 0.29) is 0 Å². The molecule has 2 nitrogen and oxygen atoms in total. The average molecular weight is 283 g/mol. The summed E-state index contributed by atoms with van der Waals surface area (Å²) in [7, 11) is 0. The van der Waals surface area contributed by atoms with Gasteiger partial charge in [0.2, 0.25) is 0 Å². The average Bonchev–Trinajstić information content (AvgIpc) is 2.47. The molecule has 1 heterocycles. The zero-order valence-corrected chi connectivity index (χ0v) is 12.3. The van der Waals surface area contributed by atoms with E-state index in [1.54, 1.807) is 0 Å².